The van der Waals surface area contributed by atoms with Crippen molar-refractivity contribution in [3.8, 4) is 11.5 Å². The number of ether oxygens (including phenoxy) is 2. The molecule has 0 unspecified atom stereocenters. The van der Waals surface area contributed by atoms with Gasteiger partial charge in [0.05, 0.1) is 26.1 Å². The van der Waals surface area contributed by atoms with E-state index in [0.29, 0.717) is 24.5 Å². The number of hydrogen-bond donors (Lipinski definition) is 2. The Kier molecular flexibility index (Phi) is 4.36. The maximum Gasteiger partial charge on any atom is 0.307 e. The highest BCUT2D eigenvalue weighted by atomic mass is 16.5. The van der Waals surface area contributed by atoms with Crippen molar-refractivity contribution >= 4 is 11.9 Å². The number of carboxylic acid groups (broad SMARTS) is 1. The van der Waals surface area contributed by atoms with Gasteiger partial charge in [0.25, 0.3) is 0 Å². The lowest BCUT2D eigenvalue weighted by atomic mass is 9.82. The third-order valence-electron chi connectivity index (χ3n) is 6.59. The second kappa shape index (κ2) is 6.59. The van der Waals surface area contributed by atoms with Gasteiger partial charge in [0.15, 0.2) is 11.5 Å². The first-order chi connectivity index (χ1) is 13.0. The summed E-state index contributed by atoms with van der Waals surface area (Å²) < 4.78 is 10.5. The van der Waals surface area contributed by atoms with Gasteiger partial charge in [-0.15, -0.1) is 0 Å². The molecule has 0 saturated heterocycles. The quantitative estimate of drug-likeness (QED) is 0.719. The van der Waals surface area contributed by atoms with E-state index >= 15 is 0 Å². The van der Waals surface area contributed by atoms with E-state index in [4.69, 9.17) is 9.47 Å². The van der Waals surface area contributed by atoms with Crippen LogP contribution in [0.3, 0.4) is 0 Å². The van der Waals surface area contributed by atoms with Crippen molar-refractivity contribution in [3.05, 3.63) is 35.9 Å². The number of allylic oxidation sites excluding steroid dienone is 2. The first kappa shape index (κ1) is 17.9. The summed E-state index contributed by atoms with van der Waals surface area (Å²) in [5, 5.41) is 12.7. The van der Waals surface area contributed by atoms with Gasteiger partial charge in [-0.2, -0.15) is 0 Å². The van der Waals surface area contributed by atoms with Crippen molar-refractivity contribution in [1.29, 1.82) is 0 Å². The Morgan fingerprint density at radius 1 is 1.11 bits per heavy atom. The molecular formula is C21H25NO5. The molecule has 4 atom stereocenters. The molecule has 0 radical (unpaired) electrons. The third kappa shape index (κ3) is 2.78. The molecule has 0 aromatic heterocycles. The van der Waals surface area contributed by atoms with Gasteiger partial charge >= 0.3 is 5.97 Å². The Bertz CT molecular complexity index is 798. The van der Waals surface area contributed by atoms with Crippen LogP contribution in [0.2, 0.25) is 0 Å². The van der Waals surface area contributed by atoms with Gasteiger partial charge in [0, 0.05) is 6.54 Å². The molecule has 0 heterocycles. The van der Waals surface area contributed by atoms with Crippen LogP contribution in [0.4, 0.5) is 0 Å². The molecule has 1 spiro atoms. The second-order valence-electron chi connectivity index (χ2n) is 7.79. The minimum Gasteiger partial charge on any atom is -0.493 e. The molecule has 1 amide bonds. The number of nitrogens with one attached hydrogen (secondary N) is 1. The summed E-state index contributed by atoms with van der Waals surface area (Å²) in [5.74, 6) is -0.622. The fraction of sp³-hybridized carbons (Fsp3) is 0.524. The van der Waals surface area contributed by atoms with Gasteiger partial charge in [-0.1, -0.05) is 18.2 Å². The molecule has 3 aliphatic carbocycles. The third-order valence-corrected chi connectivity index (χ3v) is 6.59. The van der Waals surface area contributed by atoms with Gasteiger partial charge in [-0.05, 0) is 54.2 Å². The summed E-state index contributed by atoms with van der Waals surface area (Å²) in [7, 11) is 3.18. The first-order valence-electron chi connectivity index (χ1n) is 9.41. The predicted octanol–water partition coefficient (Wildman–Crippen LogP) is 2.28. The van der Waals surface area contributed by atoms with Crippen LogP contribution in [0.25, 0.3) is 0 Å². The van der Waals surface area contributed by atoms with Crippen molar-refractivity contribution in [2.75, 3.05) is 20.8 Å². The van der Waals surface area contributed by atoms with Gasteiger partial charge in [-0.25, -0.2) is 0 Å². The lowest BCUT2D eigenvalue weighted by molar-refractivity contribution is -0.147. The molecule has 144 valence electrons. The van der Waals surface area contributed by atoms with Crippen molar-refractivity contribution < 1.29 is 24.2 Å². The number of hydrogen-bond acceptors (Lipinski definition) is 4. The number of carbonyl (C=O) groups excluding carboxylic acids is 1. The Morgan fingerprint density at radius 3 is 2.37 bits per heavy atom. The van der Waals surface area contributed by atoms with Crippen LogP contribution in [0.15, 0.2) is 30.4 Å². The highest BCUT2D eigenvalue weighted by Crippen LogP contribution is 2.71. The SMILES string of the molecule is COc1ccc(CCNC(=O)[C@@H]2[C@@H](C(=O)O)[C@H]3C=C[C@H]2C32CC2)cc1OC. The molecule has 1 aromatic rings. The highest BCUT2D eigenvalue weighted by molar-refractivity contribution is 5.87. The Balaban J connectivity index is 1.40. The molecule has 2 saturated carbocycles. The van der Waals surface area contributed by atoms with Crippen molar-refractivity contribution in [1.82, 2.24) is 5.32 Å². The maximum atomic E-state index is 12.8. The lowest BCUT2D eigenvalue weighted by Gasteiger charge is -2.23. The number of rotatable bonds is 7. The van der Waals surface area contributed by atoms with Gasteiger partial charge in [-0.3, -0.25) is 9.59 Å². The molecular weight excluding hydrogens is 346 g/mol. The number of aliphatic carboxylic acids is 1. The van der Waals surface area contributed by atoms with Gasteiger partial charge in [0.1, 0.15) is 0 Å². The Labute approximate surface area is 158 Å². The molecule has 27 heavy (non-hydrogen) atoms. The number of methoxy groups -OCH3 is 2. The smallest absolute Gasteiger partial charge is 0.307 e. The van der Waals surface area contributed by atoms with Crippen molar-refractivity contribution in [2.24, 2.45) is 29.1 Å². The molecule has 6 heteroatoms. The minimum absolute atomic E-state index is 0.0154. The highest BCUT2D eigenvalue weighted by Gasteiger charge is 2.69. The molecule has 6 nitrogen and oxygen atoms in total. The fourth-order valence-corrected chi connectivity index (χ4v) is 5.17. The topological polar surface area (TPSA) is 84.9 Å². The zero-order chi connectivity index (χ0) is 19.2. The van der Waals surface area contributed by atoms with E-state index in [1.165, 1.54) is 0 Å². The van der Waals surface area contributed by atoms with E-state index in [1.807, 2.05) is 24.3 Å². The number of benzene rings is 1. The van der Waals surface area contributed by atoms with Crippen LogP contribution in [-0.4, -0.2) is 37.7 Å². The Morgan fingerprint density at radius 2 is 1.78 bits per heavy atom. The zero-order valence-corrected chi connectivity index (χ0v) is 15.6. The zero-order valence-electron chi connectivity index (χ0n) is 15.6. The van der Waals surface area contributed by atoms with E-state index in [9.17, 15) is 14.7 Å². The van der Waals surface area contributed by atoms with E-state index in [0.717, 1.165) is 18.4 Å². The van der Waals surface area contributed by atoms with E-state index in [-0.39, 0.29) is 23.2 Å². The summed E-state index contributed by atoms with van der Waals surface area (Å²) in [6.07, 6.45) is 6.83. The monoisotopic (exact) mass is 371 g/mol. The molecule has 2 N–H and O–H groups in total. The van der Waals surface area contributed by atoms with E-state index < -0.39 is 17.8 Å². The van der Waals surface area contributed by atoms with E-state index in [2.05, 4.69) is 11.4 Å². The predicted molar refractivity (Wildman–Crippen MR) is 98.7 cm³/mol. The van der Waals surface area contributed by atoms with E-state index in [1.54, 1.807) is 14.2 Å². The number of carbonyl (C=O) groups is 2. The van der Waals surface area contributed by atoms with Crippen molar-refractivity contribution in [2.45, 2.75) is 19.3 Å². The van der Waals surface area contributed by atoms with Crippen LogP contribution in [0.5, 0.6) is 11.5 Å². The summed E-state index contributed by atoms with van der Waals surface area (Å²) >= 11 is 0. The largest absolute Gasteiger partial charge is 0.493 e. The van der Waals surface area contributed by atoms with Crippen LogP contribution in [0.1, 0.15) is 18.4 Å². The average Bonchev–Trinajstić information content (AvgIpc) is 3.33. The summed E-state index contributed by atoms with van der Waals surface area (Å²) in [4.78, 5) is 24.6. The number of carboxylic acids is 1. The van der Waals surface area contributed by atoms with Gasteiger partial charge < -0.3 is 19.9 Å². The standard InChI is InChI=1S/C21H25NO5/c1-26-15-6-3-12(11-16(15)27-2)7-10-22-19(23)17-13-4-5-14(18(17)20(24)25)21(13)8-9-21/h3-6,11,13-14,17-18H,7-10H2,1-2H3,(H,22,23)(H,24,25)/t13-,14-,17+,18+/m1/s1. The minimum atomic E-state index is -0.849. The number of amides is 1. The van der Waals surface area contributed by atoms with Crippen molar-refractivity contribution in [3.63, 3.8) is 0 Å². The first-order valence-corrected chi connectivity index (χ1v) is 9.41. The summed E-state index contributed by atoms with van der Waals surface area (Å²) in [6, 6.07) is 5.67. The van der Waals surface area contributed by atoms with Crippen LogP contribution in [0, 0.1) is 29.1 Å². The van der Waals surface area contributed by atoms with Crippen LogP contribution in [-0.2, 0) is 16.0 Å². The average molecular weight is 371 g/mol. The molecule has 2 fully saturated rings. The fourth-order valence-electron chi connectivity index (χ4n) is 5.17. The van der Waals surface area contributed by atoms with Gasteiger partial charge in [0.2, 0.25) is 5.91 Å². The summed E-state index contributed by atoms with van der Waals surface area (Å²) in [5.41, 5.74) is 1.07. The summed E-state index contributed by atoms with van der Waals surface area (Å²) in [6.45, 7) is 0.464. The lowest BCUT2D eigenvalue weighted by Crippen LogP contribution is -2.40. The molecule has 4 rings (SSSR count). The molecule has 0 aliphatic heterocycles. The molecule has 1 aromatic carbocycles. The maximum absolute atomic E-state index is 12.8. The van der Waals surface area contributed by atoms with Crippen LogP contribution >= 0.6 is 0 Å². The Hall–Kier alpha value is -2.50. The normalized spacial score (nSPS) is 29.0. The van der Waals surface area contributed by atoms with Crippen LogP contribution < -0.4 is 14.8 Å². The second-order valence-corrected chi connectivity index (χ2v) is 7.79. The molecule has 2 bridgehead atoms. The molecule has 3 aliphatic rings.